The molecular formula is C17H23N5O2. The van der Waals surface area contributed by atoms with Gasteiger partial charge in [-0.05, 0) is 51.4 Å². The summed E-state index contributed by atoms with van der Waals surface area (Å²) >= 11 is 0. The van der Waals surface area contributed by atoms with Gasteiger partial charge in [-0.1, -0.05) is 6.07 Å². The Labute approximate surface area is 141 Å². The van der Waals surface area contributed by atoms with Gasteiger partial charge in [0.1, 0.15) is 5.76 Å². The van der Waals surface area contributed by atoms with Crippen LogP contribution in [0.5, 0.6) is 0 Å². The van der Waals surface area contributed by atoms with Crippen LogP contribution >= 0.6 is 0 Å². The van der Waals surface area contributed by atoms with Crippen LogP contribution in [0.2, 0.25) is 0 Å². The first-order valence-electron chi connectivity index (χ1n) is 8.13. The van der Waals surface area contributed by atoms with Gasteiger partial charge in [0, 0.05) is 25.0 Å². The molecule has 0 aliphatic carbocycles. The van der Waals surface area contributed by atoms with Crippen molar-refractivity contribution in [1.82, 2.24) is 20.2 Å². The highest BCUT2D eigenvalue weighted by atomic mass is 16.4. The largest absolute Gasteiger partial charge is 0.428 e. The van der Waals surface area contributed by atoms with Crippen LogP contribution in [-0.4, -0.2) is 41.0 Å². The monoisotopic (exact) mass is 329 g/mol. The van der Waals surface area contributed by atoms with Crippen molar-refractivity contribution in [1.29, 1.82) is 0 Å². The third kappa shape index (κ3) is 3.56. The van der Waals surface area contributed by atoms with E-state index in [4.69, 9.17) is 4.42 Å². The molecule has 2 atom stereocenters. The molecule has 0 aromatic carbocycles. The number of amides is 2. The molecule has 2 amide bonds. The standard InChI is InChI=1S/C17H23N5O2/c1-11-12(2)24-17(20-11)21-16(23)19-10-14-6-8-22(3)15(14)13-5-4-7-18-9-13/h4-5,7,9,14-15H,6,8,10H2,1-3H3,(H2,19,20,21,23)/t14-,15-/m0/s1. The molecule has 2 aromatic rings. The molecular weight excluding hydrogens is 306 g/mol. The van der Waals surface area contributed by atoms with Crippen molar-refractivity contribution in [3.05, 3.63) is 41.5 Å². The fourth-order valence-corrected chi connectivity index (χ4v) is 3.21. The summed E-state index contributed by atoms with van der Waals surface area (Å²) in [7, 11) is 2.11. The average Bonchev–Trinajstić information content (AvgIpc) is 3.08. The van der Waals surface area contributed by atoms with E-state index in [2.05, 4.69) is 38.6 Å². The van der Waals surface area contributed by atoms with Gasteiger partial charge in [-0.25, -0.2) is 4.79 Å². The molecule has 7 heteroatoms. The van der Waals surface area contributed by atoms with Gasteiger partial charge in [0.05, 0.1) is 5.69 Å². The van der Waals surface area contributed by atoms with E-state index in [1.165, 1.54) is 5.56 Å². The zero-order valence-corrected chi connectivity index (χ0v) is 14.2. The number of nitrogens with one attached hydrogen (secondary N) is 2. The Bertz CT molecular complexity index is 681. The number of carbonyl (C=O) groups excluding carboxylic acids is 1. The first-order chi connectivity index (χ1) is 11.5. The molecule has 0 spiro atoms. The highest BCUT2D eigenvalue weighted by Crippen LogP contribution is 2.35. The van der Waals surface area contributed by atoms with Gasteiger partial charge in [0.2, 0.25) is 0 Å². The molecule has 7 nitrogen and oxygen atoms in total. The zero-order chi connectivity index (χ0) is 17.1. The molecule has 2 aromatic heterocycles. The van der Waals surface area contributed by atoms with E-state index in [0.717, 1.165) is 18.7 Å². The van der Waals surface area contributed by atoms with E-state index in [-0.39, 0.29) is 18.1 Å². The molecule has 3 heterocycles. The number of hydrogen-bond acceptors (Lipinski definition) is 5. The Kier molecular flexibility index (Phi) is 4.80. The summed E-state index contributed by atoms with van der Waals surface area (Å²) in [5.74, 6) is 1.05. The summed E-state index contributed by atoms with van der Waals surface area (Å²) in [6.07, 6.45) is 4.71. The van der Waals surface area contributed by atoms with Gasteiger partial charge < -0.3 is 9.73 Å². The van der Waals surface area contributed by atoms with Gasteiger partial charge in [-0.15, -0.1) is 0 Å². The van der Waals surface area contributed by atoms with Crippen LogP contribution in [0.1, 0.15) is 29.5 Å². The lowest BCUT2D eigenvalue weighted by Crippen LogP contribution is -2.35. The number of rotatable bonds is 4. The van der Waals surface area contributed by atoms with E-state index in [9.17, 15) is 4.79 Å². The number of hydrogen-bond donors (Lipinski definition) is 2. The van der Waals surface area contributed by atoms with Gasteiger partial charge in [0.25, 0.3) is 0 Å². The third-order valence-corrected chi connectivity index (χ3v) is 4.57. The number of carbonyl (C=O) groups is 1. The Hall–Kier alpha value is -2.41. The lowest BCUT2D eigenvalue weighted by Gasteiger charge is -2.25. The van der Waals surface area contributed by atoms with Crippen LogP contribution in [0.15, 0.2) is 28.9 Å². The highest BCUT2D eigenvalue weighted by Gasteiger charge is 2.33. The minimum Gasteiger partial charge on any atom is -0.428 e. The minimum absolute atomic E-state index is 0.231. The predicted octanol–water partition coefficient (Wildman–Crippen LogP) is 2.50. The lowest BCUT2D eigenvalue weighted by molar-refractivity contribution is 0.243. The number of anilines is 1. The van der Waals surface area contributed by atoms with Crippen molar-refractivity contribution in [2.75, 3.05) is 25.5 Å². The maximum absolute atomic E-state index is 12.1. The molecule has 1 fully saturated rings. The fraction of sp³-hybridized carbons (Fsp3) is 0.471. The van der Waals surface area contributed by atoms with Crippen molar-refractivity contribution in [3.8, 4) is 0 Å². The van der Waals surface area contributed by atoms with E-state index < -0.39 is 0 Å². The maximum atomic E-state index is 12.1. The Morgan fingerprint density at radius 1 is 1.46 bits per heavy atom. The van der Waals surface area contributed by atoms with E-state index in [1.54, 1.807) is 6.20 Å². The summed E-state index contributed by atoms with van der Waals surface area (Å²) in [5, 5.41) is 5.56. The third-order valence-electron chi connectivity index (χ3n) is 4.57. The van der Waals surface area contributed by atoms with Gasteiger partial charge in [-0.2, -0.15) is 4.98 Å². The van der Waals surface area contributed by atoms with E-state index in [0.29, 0.717) is 18.2 Å². The number of pyridine rings is 1. The Morgan fingerprint density at radius 3 is 2.96 bits per heavy atom. The summed E-state index contributed by atoms with van der Waals surface area (Å²) in [4.78, 5) is 22.7. The zero-order valence-electron chi connectivity index (χ0n) is 14.2. The van der Waals surface area contributed by atoms with Gasteiger partial charge >= 0.3 is 12.0 Å². The number of nitrogens with zero attached hydrogens (tertiary/aromatic N) is 3. The van der Waals surface area contributed by atoms with Crippen molar-refractivity contribution in [3.63, 3.8) is 0 Å². The molecule has 1 aliphatic heterocycles. The van der Waals surface area contributed by atoms with Crippen molar-refractivity contribution >= 4 is 12.0 Å². The molecule has 3 rings (SSSR count). The lowest BCUT2D eigenvalue weighted by atomic mass is 9.95. The average molecular weight is 329 g/mol. The van der Waals surface area contributed by atoms with Crippen LogP contribution in [0, 0.1) is 19.8 Å². The molecule has 128 valence electrons. The second-order valence-electron chi connectivity index (χ2n) is 6.26. The number of likely N-dealkylation sites (tertiary alicyclic amines) is 1. The van der Waals surface area contributed by atoms with Crippen LogP contribution in [0.3, 0.4) is 0 Å². The Balaban J connectivity index is 1.58. The second kappa shape index (κ2) is 7.00. The summed E-state index contributed by atoms with van der Waals surface area (Å²) < 4.78 is 5.36. The van der Waals surface area contributed by atoms with Crippen molar-refractivity contribution < 1.29 is 9.21 Å². The van der Waals surface area contributed by atoms with Crippen LogP contribution in [0.25, 0.3) is 0 Å². The summed E-state index contributed by atoms with van der Waals surface area (Å²) in [6.45, 7) is 5.26. The molecule has 2 N–H and O–H groups in total. The molecule has 0 saturated carbocycles. The highest BCUT2D eigenvalue weighted by molar-refractivity contribution is 5.86. The SMILES string of the molecule is Cc1nc(NC(=O)NC[C@@H]2CCN(C)[C@H]2c2cccnc2)oc1C. The number of aryl methyl sites for hydroxylation is 2. The first kappa shape index (κ1) is 16.4. The maximum Gasteiger partial charge on any atom is 0.322 e. The summed E-state index contributed by atoms with van der Waals surface area (Å²) in [6, 6.07) is 4.24. The molecule has 0 radical (unpaired) electrons. The molecule has 1 aliphatic rings. The van der Waals surface area contributed by atoms with Crippen molar-refractivity contribution in [2.24, 2.45) is 5.92 Å². The normalized spacial score (nSPS) is 21.0. The quantitative estimate of drug-likeness (QED) is 0.900. The van der Waals surface area contributed by atoms with Crippen molar-refractivity contribution in [2.45, 2.75) is 26.3 Å². The number of urea groups is 1. The minimum atomic E-state index is -0.296. The topological polar surface area (TPSA) is 83.3 Å². The first-order valence-corrected chi connectivity index (χ1v) is 8.13. The molecule has 24 heavy (non-hydrogen) atoms. The second-order valence-corrected chi connectivity index (χ2v) is 6.26. The predicted molar refractivity (Wildman–Crippen MR) is 90.7 cm³/mol. The van der Waals surface area contributed by atoms with Gasteiger partial charge in [-0.3, -0.25) is 15.2 Å². The van der Waals surface area contributed by atoms with Gasteiger partial charge in [0.15, 0.2) is 0 Å². The van der Waals surface area contributed by atoms with Crippen LogP contribution in [0.4, 0.5) is 10.8 Å². The van der Waals surface area contributed by atoms with E-state index in [1.807, 2.05) is 26.1 Å². The molecule has 0 unspecified atom stereocenters. The fourth-order valence-electron chi connectivity index (χ4n) is 3.21. The van der Waals surface area contributed by atoms with E-state index >= 15 is 0 Å². The Morgan fingerprint density at radius 2 is 2.29 bits per heavy atom. The smallest absolute Gasteiger partial charge is 0.322 e. The molecule has 1 saturated heterocycles. The summed E-state index contributed by atoms with van der Waals surface area (Å²) in [5.41, 5.74) is 1.96. The van der Waals surface area contributed by atoms with Crippen LogP contribution in [-0.2, 0) is 0 Å². The molecule has 0 bridgehead atoms. The number of oxazole rings is 1. The van der Waals surface area contributed by atoms with Crippen LogP contribution < -0.4 is 10.6 Å². The number of aromatic nitrogens is 2.